The number of carbonyl (C=O) groups excluding carboxylic acids is 1. The van der Waals surface area contributed by atoms with Crippen molar-refractivity contribution in [3.05, 3.63) is 102 Å². The van der Waals surface area contributed by atoms with Crippen molar-refractivity contribution in [3.63, 3.8) is 0 Å². The Morgan fingerprint density at radius 1 is 0.897 bits per heavy atom. The molecule has 0 saturated heterocycles. The highest BCUT2D eigenvalue weighted by atomic mass is 16.2. The van der Waals surface area contributed by atoms with Gasteiger partial charge >= 0.3 is 0 Å². The molecule has 4 nitrogen and oxygen atoms in total. The van der Waals surface area contributed by atoms with E-state index >= 15 is 0 Å². The lowest BCUT2D eigenvalue weighted by Crippen LogP contribution is -2.30. The molecule has 4 aromatic rings. The zero-order chi connectivity index (χ0) is 20.1. The molecular formula is C25H25N3O. The van der Waals surface area contributed by atoms with Gasteiger partial charge in [0.25, 0.3) is 0 Å². The molecule has 0 aliphatic heterocycles. The second-order valence-electron chi connectivity index (χ2n) is 7.40. The molecule has 146 valence electrons. The van der Waals surface area contributed by atoms with E-state index in [1.165, 1.54) is 5.56 Å². The van der Waals surface area contributed by atoms with Crippen LogP contribution in [0.25, 0.3) is 10.9 Å². The Morgan fingerprint density at radius 2 is 1.52 bits per heavy atom. The predicted molar refractivity (Wildman–Crippen MR) is 116 cm³/mol. The van der Waals surface area contributed by atoms with Gasteiger partial charge in [0, 0.05) is 24.9 Å². The van der Waals surface area contributed by atoms with E-state index < -0.39 is 0 Å². The summed E-state index contributed by atoms with van der Waals surface area (Å²) in [6.45, 7) is 3.86. The Labute approximate surface area is 171 Å². The first kappa shape index (κ1) is 18.9. The van der Waals surface area contributed by atoms with Crippen molar-refractivity contribution in [1.29, 1.82) is 0 Å². The van der Waals surface area contributed by atoms with Crippen molar-refractivity contribution < 1.29 is 4.79 Å². The normalized spacial score (nSPS) is 10.9. The van der Waals surface area contributed by atoms with E-state index in [0.29, 0.717) is 26.1 Å². The zero-order valence-corrected chi connectivity index (χ0v) is 16.7. The summed E-state index contributed by atoms with van der Waals surface area (Å²) in [6, 6.07) is 26.6. The minimum absolute atomic E-state index is 0.133. The number of nitrogens with zero attached hydrogens (tertiary/aromatic N) is 3. The molecule has 0 radical (unpaired) electrons. The van der Waals surface area contributed by atoms with Gasteiger partial charge in [0.2, 0.25) is 5.91 Å². The average Bonchev–Trinajstić information content (AvgIpc) is 3.15. The molecule has 0 spiro atoms. The van der Waals surface area contributed by atoms with E-state index in [-0.39, 0.29) is 5.91 Å². The molecule has 4 rings (SSSR count). The lowest BCUT2D eigenvalue weighted by atomic mass is 10.1. The van der Waals surface area contributed by atoms with Gasteiger partial charge in [-0.1, -0.05) is 72.3 Å². The highest BCUT2D eigenvalue weighted by Gasteiger charge is 2.15. The van der Waals surface area contributed by atoms with Gasteiger partial charge in [0.05, 0.1) is 18.3 Å². The van der Waals surface area contributed by atoms with Crippen LogP contribution in [0.3, 0.4) is 0 Å². The SMILES string of the molecule is Cc1ccc2c(cnn2CCC(=O)N(Cc2ccccc2)Cc2ccccc2)c1. The zero-order valence-electron chi connectivity index (χ0n) is 16.7. The number of amides is 1. The quantitative estimate of drug-likeness (QED) is 0.452. The molecule has 1 heterocycles. The number of hydrogen-bond acceptors (Lipinski definition) is 2. The fraction of sp³-hybridized carbons (Fsp3) is 0.200. The van der Waals surface area contributed by atoms with E-state index in [4.69, 9.17) is 0 Å². The molecule has 1 aromatic heterocycles. The molecule has 0 fully saturated rings. The number of aromatic nitrogens is 2. The van der Waals surface area contributed by atoms with Crippen molar-refractivity contribution in [2.45, 2.75) is 33.0 Å². The van der Waals surface area contributed by atoms with E-state index in [2.05, 4.69) is 54.5 Å². The van der Waals surface area contributed by atoms with Crippen LogP contribution in [-0.4, -0.2) is 20.6 Å². The topological polar surface area (TPSA) is 38.1 Å². The van der Waals surface area contributed by atoms with Gasteiger partial charge in [-0.2, -0.15) is 5.10 Å². The van der Waals surface area contributed by atoms with Crippen LogP contribution in [0.2, 0.25) is 0 Å². The van der Waals surface area contributed by atoms with Crippen LogP contribution in [-0.2, 0) is 24.4 Å². The smallest absolute Gasteiger partial charge is 0.225 e. The van der Waals surface area contributed by atoms with Crippen LogP contribution in [0, 0.1) is 6.92 Å². The maximum atomic E-state index is 13.1. The summed E-state index contributed by atoms with van der Waals surface area (Å²) in [7, 11) is 0. The summed E-state index contributed by atoms with van der Waals surface area (Å²) in [4.78, 5) is 15.1. The van der Waals surface area contributed by atoms with Crippen molar-refractivity contribution in [2.24, 2.45) is 0 Å². The molecule has 29 heavy (non-hydrogen) atoms. The lowest BCUT2D eigenvalue weighted by Gasteiger charge is -2.23. The molecule has 0 aliphatic carbocycles. The molecule has 1 amide bonds. The molecule has 4 heteroatoms. The van der Waals surface area contributed by atoms with E-state index in [0.717, 1.165) is 22.0 Å². The van der Waals surface area contributed by atoms with Gasteiger partial charge in [-0.05, 0) is 30.2 Å². The molecule has 0 bridgehead atoms. The molecule has 0 unspecified atom stereocenters. The van der Waals surface area contributed by atoms with Crippen molar-refractivity contribution in [3.8, 4) is 0 Å². The number of rotatable bonds is 7. The summed E-state index contributed by atoms with van der Waals surface area (Å²) in [5.41, 5.74) is 4.56. The van der Waals surface area contributed by atoms with Crippen LogP contribution >= 0.6 is 0 Å². The average molecular weight is 383 g/mol. The van der Waals surface area contributed by atoms with Gasteiger partial charge < -0.3 is 4.90 Å². The molecule has 0 saturated carbocycles. The third-order valence-electron chi connectivity index (χ3n) is 5.12. The molecule has 0 atom stereocenters. The van der Waals surface area contributed by atoms with Gasteiger partial charge in [0.1, 0.15) is 0 Å². The standard InChI is InChI=1S/C25H25N3O/c1-20-12-13-24-23(16-20)17-26-28(24)15-14-25(29)27(18-21-8-4-2-5-9-21)19-22-10-6-3-7-11-22/h2-13,16-17H,14-15,18-19H2,1H3. The number of aryl methyl sites for hydroxylation is 2. The molecular weight excluding hydrogens is 358 g/mol. The predicted octanol–water partition coefficient (Wildman–Crippen LogP) is 4.96. The first-order chi connectivity index (χ1) is 14.2. The van der Waals surface area contributed by atoms with Gasteiger partial charge in [0.15, 0.2) is 0 Å². The summed E-state index contributed by atoms with van der Waals surface area (Å²) in [5.74, 6) is 0.133. The Kier molecular flexibility index (Phi) is 5.71. The summed E-state index contributed by atoms with van der Waals surface area (Å²) < 4.78 is 1.93. The molecule has 3 aromatic carbocycles. The third-order valence-corrected chi connectivity index (χ3v) is 5.12. The molecule has 0 aliphatic rings. The van der Waals surface area contributed by atoms with Gasteiger partial charge in [-0.3, -0.25) is 9.48 Å². The number of benzene rings is 3. The highest BCUT2D eigenvalue weighted by Crippen LogP contribution is 2.17. The Balaban J connectivity index is 1.49. The largest absolute Gasteiger partial charge is 0.334 e. The van der Waals surface area contributed by atoms with Crippen LogP contribution in [0.5, 0.6) is 0 Å². The fourth-order valence-electron chi connectivity index (χ4n) is 3.58. The van der Waals surface area contributed by atoms with Crippen molar-refractivity contribution in [1.82, 2.24) is 14.7 Å². The third kappa shape index (κ3) is 4.72. The van der Waals surface area contributed by atoms with Crippen molar-refractivity contribution >= 4 is 16.8 Å². The van der Waals surface area contributed by atoms with Crippen LogP contribution in [0.15, 0.2) is 85.1 Å². The fourth-order valence-corrected chi connectivity index (χ4v) is 3.58. The van der Waals surface area contributed by atoms with Crippen molar-refractivity contribution in [2.75, 3.05) is 0 Å². The second kappa shape index (κ2) is 8.74. The number of carbonyl (C=O) groups is 1. The van der Waals surface area contributed by atoms with Gasteiger partial charge in [-0.25, -0.2) is 0 Å². The highest BCUT2D eigenvalue weighted by molar-refractivity contribution is 5.80. The van der Waals surface area contributed by atoms with Gasteiger partial charge in [-0.15, -0.1) is 0 Å². The monoisotopic (exact) mass is 383 g/mol. The first-order valence-electron chi connectivity index (χ1n) is 9.97. The van der Waals surface area contributed by atoms with Crippen LogP contribution in [0.4, 0.5) is 0 Å². The van der Waals surface area contributed by atoms with Crippen LogP contribution in [0.1, 0.15) is 23.1 Å². The Hall–Kier alpha value is -3.40. The maximum absolute atomic E-state index is 13.1. The van der Waals surface area contributed by atoms with E-state index in [9.17, 15) is 4.79 Å². The van der Waals surface area contributed by atoms with E-state index in [1.54, 1.807) is 0 Å². The summed E-state index contributed by atoms with van der Waals surface area (Å²) in [6.07, 6.45) is 2.29. The summed E-state index contributed by atoms with van der Waals surface area (Å²) in [5, 5.41) is 5.60. The summed E-state index contributed by atoms with van der Waals surface area (Å²) >= 11 is 0. The minimum Gasteiger partial charge on any atom is -0.334 e. The number of hydrogen-bond donors (Lipinski definition) is 0. The second-order valence-corrected chi connectivity index (χ2v) is 7.40. The Bertz CT molecular complexity index is 1050. The lowest BCUT2D eigenvalue weighted by molar-refractivity contribution is -0.132. The molecule has 0 N–H and O–H groups in total. The maximum Gasteiger partial charge on any atom is 0.225 e. The number of fused-ring (bicyclic) bond motifs is 1. The Morgan fingerprint density at radius 3 is 2.14 bits per heavy atom. The minimum atomic E-state index is 0.133. The first-order valence-corrected chi connectivity index (χ1v) is 9.97. The van der Waals surface area contributed by atoms with Crippen LogP contribution < -0.4 is 0 Å². The van der Waals surface area contributed by atoms with E-state index in [1.807, 2.05) is 52.2 Å².